The summed E-state index contributed by atoms with van der Waals surface area (Å²) in [5.74, 6) is 0.678. The van der Waals surface area contributed by atoms with E-state index < -0.39 is 0 Å². The smallest absolute Gasteiger partial charge is 0.123 e. The van der Waals surface area contributed by atoms with Crippen molar-refractivity contribution in [2.45, 2.75) is 40.8 Å². The van der Waals surface area contributed by atoms with E-state index in [-0.39, 0.29) is 0 Å². The van der Waals surface area contributed by atoms with Gasteiger partial charge in [-0.15, -0.1) is 0 Å². The van der Waals surface area contributed by atoms with Crippen LogP contribution in [-0.2, 0) is 13.1 Å². The standard InChI is InChI=1S/C24H27NO2/c1-16-10-18(3)23(26)20(12-16)14-25(22-8-6-5-7-9-22)15-21-13-17(2)11-19(4)24(21)27/h5-13,26-27H,14-15H2,1-4H3. The number of aromatic hydroxyl groups is 2. The van der Waals surface area contributed by atoms with Crippen LogP contribution in [0.4, 0.5) is 5.69 Å². The molecule has 0 unspecified atom stereocenters. The molecule has 0 saturated carbocycles. The van der Waals surface area contributed by atoms with Crippen LogP contribution in [0, 0.1) is 27.7 Å². The van der Waals surface area contributed by atoms with Crippen molar-refractivity contribution in [2.75, 3.05) is 4.90 Å². The summed E-state index contributed by atoms with van der Waals surface area (Å²) >= 11 is 0. The fraction of sp³-hybridized carbons (Fsp3) is 0.250. The van der Waals surface area contributed by atoms with E-state index in [9.17, 15) is 10.2 Å². The van der Waals surface area contributed by atoms with Gasteiger partial charge >= 0.3 is 0 Å². The first-order valence-corrected chi connectivity index (χ1v) is 9.23. The third-order valence-electron chi connectivity index (χ3n) is 4.89. The van der Waals surface area contributed by atoms with Crippen LogP contribution < -0.4 is 4.90 Å². The first-order chi connectivity index (χ1) is 12.8. The Hall–Kier alpha value is -2.94. The number of phenolic OH excluding ortho intramolecular Hbond substituents is 2. The zero-order chi connectivity index (χ0) is 19.6. The summed E-state index contributed by atoms with van der Waals surface area (Å²) in [6, 6.07) is 18.1. The minimum atomic E-state index is 0.339. The van der Waals surface area contributed by atoms with Gasteiger partial charge in [0.05, 0.1) is 0 Å². The molecule has 0 heterocycles. The predicted molar refractivity (Wildman–Crippen MR) is 111 cm³/mol. The summed E-state index contributed by atoms with van der Waals surface area (Å²) in [7, 11) is 0. The number of anilines is 1. The lowest BCUT2D eigenvalue weighted by molar-refractivity contribution is 0.459. The van der Waals surface area contributed by atoms with Crippen molar-refractivity contribution in [1.82, 2.24) is 0 Å². The van der Waals surface area contributed by atoms with Crippen LogP contribution in [0.25, 0.3) is 0 Å². The van der Waals surface area contributed by atoms with Crippen LogP contribution in [0.3, 0.4) is 0 Å². The highest BCUT2D eigenvalue weighted by molar-refractivity contribution is 5.52. The summed E-state index contributed by atoms with van der Waals surface area (Å²) in [6.07, 6.45) is 0. The van der Waals surface area contributed by atoms with Crippen LogP contribution in [0.15, 0.2) is 54.6 Å². The van der Waals surface area contributed by atoms with Crippen molar-refractivity contribution in [2.24, 2.45) is 0 Å². The monoisotopic (exact) mass is 361 g/mol. The van der Waals surface area contributed by atoms with Gasteiger partial charge in [-0.25, -0.2) is 0 Å². The van der Waals surface area contributed by atoms with E-state index >= 15 is 0 Å². The van der Waals surface area contributed by atoms with Gasteiger partial charge in [-0.3, -0.25) is 0 Å². The Balaban J connectivity index is 2.01. The molecule has 0 aliphatic rings. The minimum Gasteiger partial charge on any atom is -0.507 e. The largest absolute Gasteiger partial charge is 0.507 e. The Kier molecular flexibility index (Phi) is 5.41. The Labute approximate surface area is 161 Å². The SMILES string of the molecule is Cc1cc(C)c(O)c(CN(Cc2cc(C)cc(C)c2O)c2ccccc2)c1. The van der Waals surface area contributed by atoms with E-state index in [1.54, 1.807) is 0 Å². The fourth-order valence-electron chi connectivity index (χ4n) is 3.63. The van der Waals surface area contributed by atoms with Crippen molar-refractivity contribution in [3.8, 4) is 11.5 Å². The lowest BCUT2D eigenvalue weighted by Gasteiger charge is -2.27. The van der Waals surface area contributed by atoms with E-state index in [2.05, 4.69) is 17.0 Å². The van der Waals surface area contributed by atoms with Gasteiger partial charge in [-0.2, -0.15) is 0 Å². The topological polar surface area (TPSA) is 43.7 Å². The molecule has 0 aromatic heterocycles. The second-order valence-electron chi connectivity index (χ2n) is 7.37. The first kappa shape index (κ1) is 18.8. The third-order valence-corrected chi connectivity index (χ3v) is 4.89. The maximum Gasteiger partial charge on any atom is 0.123 e. The molecule has 2 N–H and O–H groups in total. The second-order valence-corrected chi connectivity index (χ2v) is 7.37. The Morgan fingerprint density at radius 2 is 1.11 bits per heavy atom. The Bertz CT molecular complexity index is 889. The molecule has 3 rings (SSSR count). The molecule has 0 amide bonds. The van der Waals surface area contributed by atoms with E-state index in [4.69, 9.17) is 0 Å². The highest BCUT2D eigenvalue weighted by atomic mass is 16.3. The van der Waals surface area contributed by atoms with Gasteiger partial charge < -0.3 is 15.1 Å². The van der Waals surface area contributed by atoms with Crippen molar-refractivity contribution in [3.05, 3.63) is 88.0 Å². The fourth-order valence-corrected chi connectivity index (χ4v) is 3.63. The molecule has 0 aliphatic heterocycles. The molecular formula is C24H27NO2. The molecule has 0 atom stereocenters. The average molecular weight is 361 g/mol. The molecule has 0 bridgehead atoms. The molecule has 140 valence electrons. The maximum absolute atomic E-state index is 10.6. The molecule has 0 fully saturated rings. The Morgan fingerprint density at radius 3 is 1.56 bits per heavy atom. The highest BCUT2D eigenvalue weighted by Crippen LogP contribution is 2.31. The summed E-state index contributed by atoms with van der Waals surface area (Å²) in [6.45, 7) is 9.05. The zero-order valence-corrected chi connectivity index (χ0v) is 16.5. The quantitative estimate of drug-likeness (QED) is 0.627. The number of nitrogens with zero attached hydrogens (tertiary/aromatic N) is 1. The Morgan fingerprint density at radius 1 is 0.667 bits per heavy atom. The van der Waals surface area contributed by atoms with Crippen LogP contribution in [0.5, 0.6) is 11.5 Å². The van der Waals surface area contributed by atoms with Crippen LogP contribution in [0.2, 0.25) is 0 Å². The van der Waals surface area contributed by atoms with Crippen molar-refractivity contribution >= 4 is 5.69 Å². The lowest BCUT2D eigenvalue weighted by Crippen LogP contribution is -2.22. The van der Waals surface area contributed by atoms with E-state index in [0.29, 0.717) is 24.6 Å². The van der Waals surface area contributed by atoms with Gasteiger partial charge in [0, 0.05) is 29.9 Å². The number of phenols is 2. The summed E-state index contributed by atoms with van der Waals surface area (Å²) in [5, 5.41) is 21.1. The lowest BCUT2D eigenvalue weighted by atomic mass is 10.0. The number of rotatable bonds is 5. The first-order valence-electron chi connectivity index (χ1n) is 9.23. The minimum absolute atomic E-state index is 0.339. The van der Waals surface area contributed by atoms with Crippen LogP contribution >= 0.6 is 0 Å². The molecule has 3 heteroatoms. The summed E-state index contributed by atoms with van der Waals surface area (Å²) in [5.41, 5.74) is 6.85. The molecule has 0 aliphatic carbocycles. The average Bonchev–Trinajstić information content (AvgIpc) is 2.63. The van der Waals surface area contributed by atoms with Crippen LogP contribution in [0.1, 0.15) is 33.4 Å². The molecule has 0 radical (unpaired) electrons. The number of benzene rings is 3. The van der Waals surface area contributed by atoms with Crippen molar-refractivity contribution in [1.29, 1.82) is 0 Å². The van der Waals surface area contributed by atoms with Gasteiger partial charge in [-0.1, -0.05) is 53.6 Å². The molecule has 3 aromatic carbocycles. The summed E-state index contributed by atoms with van der Waals surface area (Å²) in [4.78, 5) is 2.18. The number of hydrogen-bond donors (Lipinski definition) is 2. The molecule has 3 nitrogen and oxygen atoms in total. The van der Waals surface area contributed by atoms with E-state index in [0.717, 1.165) is 39.1 Å². The van der Waals surface area contributed by atoms with Gasteiger partial charge in [0.25, 0.3) is 0 Å². The van der Waals surface area contributed by atoms with Crippen molar-refractivity contribution < 1.29 is 10.2 Å². The van der Waals surface area contributed by atoms with E-state index in [1.165, 1.54) is 0 Å². The molecule has 3 aromatic rings. The van der Waals surface area contributed by atoms with Crippen molar-refractivity contribution in [3.63, 3.8) is 0 Å². The normalized spacial score (nSPS) is 10.8. The second kappa shape index (κ2) is 7.75. The van der Waals surface area contributed by atoms with Gasteiger partial charge in [-0.05, 0) is 51.0 Å². The molecular weight excluding hydrogens is 334 g/mol. The van der Waals surface area contributed by atoms with Crippen LogP contribution in [-0.4, -0.2) is 10.2 Å². The van der Waals surface area contributed by atoms with Gasteiger partial charge in [0.15, 0.2) is 0 Å². The predicted octanol–water partition coefficient (Wildman–Crippen LogP) is 5.54. The molecule has 0 spiro atoms. The third kappa shape index (κ3) is 4.25. The highest BCUT2D eigenvalue weighted by Gasteiger charge is 2.15. The number of aryl methyl sites for hydroxylation is 4. The maximum atomic E-state index is 10.6. The van der Waals surface area contributed by atoms with Gasteiger partial charge in [0.1, 0.15) is 11.5 Å². The number of para-hydroxylation sites is 1. The van der Waals surface area contributed by atoms with Gasteiger partial charge in [0.2, 0.25) is 0 Å². The number of hydrogen-bond acceptors (Lipinski definition) is 3. The zero-order valence-electron chi connectivity index (χ0n) is 16.5. The summed E-state index contributed by atoms with van der Waals surface area (Å²) < 4.78 is 0. The van der Waals surface area contributed by atoms with E-state index in [1.807, 2.05) is 70.2 Å². The molecule has 27 heavy (non-hydrogen) atoms. The molecule has 0 saturated heterocycles.